The van der Waals surface area contributed by atoms with Crippen molar-refractivity contribution in [3.63, 3.8) is 0 Å². The van der Waals surface area contributed by atoms with Crippen molar-refractivity contribution in [1.82, 2.24) is 20.5 Å². The molecule has 3 aromatic rings. The monoisotopic (exact) mass is 477 g/mol. The minimum Gasteiger partial charge on any atom is -0.347 e. The minimum atomic E-state index is -0.280. The Bertz CT molecular complexity index is 1020. The first-order chi connectivity index (χ1) is 17.1. The number of urea groups is 1. The van der Waals surface area contributed by atoms with Crippen molar-refractivity contribution in [2.45, 2.75) is 40.2 Å². The van der Waals surface area contributed by atoms with Crippen LogP contribution in [0.3, 0.4) is 0 Å². The predicted octanol–water partition coefficient (Wildman–Crippen LogP) is 5.19. The van der Waals surface area contributed by atoms with Crippen molar-refractivity contribution in [3.8, 4) is 5.69 Å². The number of para-hydroxylation sites is 1. The molecule has 0 bridgehead atoms. The third-order valence-electron chi connectivity index (χ3n) is 5.45. The van der Waals surface area contributed by atoms with Crippen molar-refractivity contribution in [2.24, 2.45) is 5.92 Å². The molecule has 0 spiro atoms. The highest BCUT2D eigenvalue weighted by molar-refractivity contribution is 5.96. The average molecular weight is 478 g/mol. The van der Waals surface area contributed by atoms with Crippen LogP contribution in [0.1, 0.15) is 49.7 Å². The van der Waals surface area contributed by atoms with Crippen LogP contribution in [0.25, 0.3) is 5.69 Å². The fraction of sp³-hybridized carbons (Fsp3) is 0.357. The first-order valence-corrected chi connectivity index (χ1v) is 12.4. The number of carbonyl (C=O) groups excluding carboxylic acids is 2. The summed E-state index contributed by atoms with van der Waals surface area (Å²) in [7, 11) is 1.94. The first-order valence-electron chi connectivity index (χ1n) is 12.4. The number of hydrogen-bond acceptors (Lipinski definition) is 3. The SMILES string of the molecule is CC.CNCCC(C)CCNC(=O)Nc1cc(C(=O)NCc2ccccc2)n(-c2ccccc2)c1. The summed E-state index contributed by atoms with van der Waals surface area (Å²) < 4.78 is 1.79. The van der Waals surface area contributed by atoms with Gasteiger partial charge < -0.3 is 25.8 Å². The number of anilines is 1. The van der Waals surface area contributed by atoms with Crippen molar-refractivity contribution in [2.75, 3.05) is 25.5 Å². The zero-order valence-electron chi connectivity index (χ0n) is 21.3. The van der Waals surface area contributed by atoms with Crippen LogP contribution in [0.2, 0.25) is 0 Å². The Morgan fingerprint density at radius 3 is 2.17 bits per heavy atom. The van der Waals surface area contributed by atoms with Gasteiger partial charge in [0.1, 0.15) is 5.69 Å². The fourth-order valence-electron chi connectivity index (χ4n) is 3.52. The van der Waals surface area contributed by atoms with Crippen LogP contribution in [0.5, 0.6) is 0 Å². The van der Waals surface area contributed by atoms with E-state index in [1.807, 2.05) is 81.6 Å². The van der Waals surface area contributed by atoms with E-state index in [0.29, 0.717) is 30.4 Å². The van der Waals surface area contributed by atoms with Crippen LogP contribution in [0.4, 0.5) is 10.5 Å². The van der Waals surface area contributed by atoms with Gasteiger partial charge in [-0.15, -0.1) is 0 Å². The Hall–Kier alpha value is -3.58. The van der Waals surface area contributed by atoms with Crippen molar-refractivity contribution in [1.29, 1.82) is 0 Å². The van der Waals surface area contributed by atoms with E-state index in [4.69, 9.17) is 0 Å². The van der Waals surface area contributed by atoms with Gasteiger partial charge in [-0.05, 0) is 56.1 Å². The first kappa shape index (κ1) is 27.7. The molecule has 3 amide bonds. The molecule has 0 aliphatic carbocycles. The summed E-state index contributed by atoms with van der Waals surface area (Å²) in [5, 5.41) is 11.9. The van der Waals surface area contributed by atoms with Crippen LogP contribution in [-0.2, 0) is 6.54 Å². The Morgan fingerprint density at radius 1 is 0.886 bits per heavy atom. The summed E-state index contributed by atoms with van der Waals surface area (Å²) in [6, 6.07) is 20.8. The van der Waals surface area contributed by atoms with Crippen LogP contribution >= 0.6 is 0 Å². The van der Waals surface area contributed by atoms with E-state index in [9.17, 15) is 9.59 Å². The van der Waals surface area contributed by atoms with E-state index in [1.165, 1.54) is 0 Å². The van der Waals surface area contributed by atoms with Gasteiger partial charge in [0, 0.05) is 25.0 Å². The number of benzene rings is 2. The molecule has 0 saturated carbocycles. The lowest BCUT2D eigenvalue weighted by Crippen LogP contribution is -2.30. The normalized spacial score (nSPS) is 11.1. The number of nitrogens with one attached hydrogen (secondary N) is 4. The molecular formula is C28H39N5O2. The second-order valence-corrected chi connectivity index (χ2v) is 8.15. The molecule has 0 saturated heterocycles. The van der Waals surface area contributed by atoms with E-state index in [2.05, 4.69) is 28.2 Å². The Labute approximate surface area is 209 Å². The highest BCUT2D eigenvalue weighted by atomic mass is 16.2. The van der Waals surface area contributed by atoms with Crippen molar-refractivity contribution in [3.05, 3.63) is 84.2 Å². The topological polar surface area (TPSA) is 87.2 Å². The third-order valence-corrected chi connectivity index (χ3v) is 5.45. The number of rotatable bonds is 11. The van der Waals surface area contributed by atoms with Crippen molar-refractivity contribution < 1.29 is 9.59 Å². The van der Waals surface area contributed by atoms with Crippen molar-refractivity contribution >= 4 is 17.6 Å². The van der Waals surface area contributed by atoms with Gasteiger partial charge in [0.05, 0.1) is 5.69 Å². The second-order valence-electron chi connectivity index (χ2n) is 8.15. The molecule has 0 aliphatic heterocycles. The molecule has 1 atom stereocenters. The van der Waals surface area contributed by atoms with Gasteiger partial charge in [-0.25, -0.2) is 4.79 Å². The highest BCUT2D eigenvalue weighted by Crippen LogP contribution is 2.20. The second kappa shape index (κ2) is 15.3. The molecular weight excluding hydrogens is 438 g/mol. The maximum Gasteiger partial charge on any atom is 0.319 e. The number of nitrogens with zero attached hydrogens (tertiary/aromatic N) is 1. The van der Waals surface area contributed by atoms with E-state index in [0.717, 1.165) is 30.6 Å². The summed E-state index contributed by atoms with van der Waals surface area (Å²) in [5.74, 6) is 0.311. The van der Waals surface area contributed by atoms with Gasteiger partial charge in [0.15, 0.2) is 0 Å². The van der Waals surface area contributed by atoms with Crippen LogP contribution < -0.4 is 21.3 Å². The molecule has 0 radical (unpaired) electrons. The maximum absolute atomic E-state index is 13.0. The predicted molar refractivity (Wildman–Crippen MR) is 144 cm³/mol. The molecule has 7 nitrogen and oxygen atoms in total. The highest BCUT2D eigenvalue weighted by Gasteiger charge is 2.16. The molecule has 0 fully saturated rings. The largest absolute Gasteiger partial charge is 0.347 e. The van der Waals surface area contributed by atoms with Gasteiger partial charge in [0.25, 0.3) is 5.91 Å². The molecule has 0 aliphatic rings. The van der Waals surface area contributed by atoms with Gasteiger partial charge in [0.2, 0.25) is 0 Å². The van der Waals surface area contributed by atoms with Gasteiger partial charge >= 0.3 is 6.03 Å². The Kier molecular flexibility index (Phi) is 12.1. The van der Waals surface area contributed by atoms with E-state index in [1.54, 1.807) is 16.8 Å². The quantitative estimate of drug-likeness (QED) is 0.306. The Balaban J connectivity index is 0.00000210. The molecule has 4 N–H and O–H groups in total. The zero-order chi connectivity index (χ0) is 25.5. The third kappa shape index (κ3) is 9.29. The zero-order valence-corrected chi connectivity index (χ0v) is 21.3. The molecule has 3 rings (SSSR count). The lowest BCUT2D eigenvalue weighted by Gasteiger charge is -2.11. The summed E-state index contributed by atoms with van der Waals surface area (Å²) in [4.78, 5) is 25.4. The molecule has 188 valence electrons. The standard InChI is InChI=1S/C26H33N5O2.C2H6/c1-20(13-15-27-2)14-16-28-26(33)30-22-17-24(31(19-22)23-11-7-4-8-12-23)25(32)29-18-21-9-5-3-6-10-21;1-2/h3-12,17,19-20,27H,13-16,18H2,1-2H3,(H,29,32)(H2,28,30,33);1-2H3. The van der Waals surface area contributed by atoms with E-state index in [-0.39, 0.29) is 11.9 Å². The molecule has 1 unspecified atom stereocenters. The average Bonchev–Trinajstić information content (AvgIpc) is 3.32. The van der Waals surface area contributed by atoms with Gasteiger partial charge in [-0.1, -0.05) is 69.3 Å². The maximum atomic E-state index is 13.0. The van der Waals surface area contributed by atoms with Crippen LogP contribution in [-0.4, -0.2) is 36.6 Å². The van der Waals surface area contributed by atoms with Crippen LogP contribution in [0, 0.1) is 5.92 Å². The summed E-state index contributed by atoms with van der Waals surface area (Å²) in [6.45, 7) is 8.17. The molecule has 2 aromatic carbocycles. The summed E-state index contributed by atoms with van der Waals surface area (Å²) in [6.07, 6.45) is 3.75. The number of aromatic nitrogens is 1. The van der Waals surface area contributed by atoms with E-state index < -0.39 is 0 Å². The molecule has 7 heteroatoms. The lowest BCUT2D eigenvalue weighted by molar-refractivity contribution is 0.0944. The molecule has 1 aromatic heterocycles. The van der Waals surface area contributed by atoms with E-state index >= 15 is 0 Å². The lowest BCUT2D eigenvalue weighted by atomic mass is 10.0. The summed E-state index contributed by atoms with van der Waals surface area (Å²) >= 11 is 0. The Morgan fingerprint density at radius 2 is 1.51 bits per heavy atom. The van der Waals surface area contributed by atoms with Gasteiger partial charge in [-0.2, -0.15) is 0 Å². The number of hydrogen-bond donors (Lipinski definition) is 4. The molecule has 35 heavy (non-hydrogen) atoms. The smallest absolute Gasteiger partial charge is 0.319 e. The van der Waals surface area contributed by atoms with Gasteiger partial charge in [-0.3, -0.25) is 4.79 Å². The fourth-order valence-corrected chi connectivity index (χ4v) is 3.52. The van der Waals surface area contributed by atoms with Crippen LogP contribution in [0.15, 0.2) is 72.9 Å². The molecule has 1 heterocycles. The minimum absolute atomic E-state index is 0.213. The number of amides is 3. The number of carbonyl (C=O) groups is 2. The summed E-state index contributed by atoms with van der Waals surface area (Å²) in [5.41, 5.74) is 2.87.